The Balaban J connectivity index is 1.97. The predicted molar refractivity (Wildman–Crippen MR) is 112 cm³/mol. The lowest BCUT2D eigenvalue weighted by atomic mass is 9.92. The second-order valence-corrected chi connectivity index (χ2v) is 7.03. The third kappa shape index (κ3) is 1.79. The second kappa shape index (κ2) is 5.30. The lowest BCUT2D eigenvalue weighted by Crippen LogP contribution is -1.95. The summed E-state index contributed by atoms with van der Waals surface area (Å²) < 4.78 is 2.25. The van der Waals surface area contributed by atoms with Gasteiger partial charge in [-0.05, 0) is 17.7 Å². The topological polar surface area (TPSA) is 48.1 Å². The van der Waals surface area contributed by atoms with Crippen molar-refractivity contribution < 1.29 is 4.92 Å². The molecule has 4 heteroatoms. The Kier molecular flexibility index (Phi) is 2.87. The van der Waals surface area contributed by atoms with E-state index in [4.69, 9.17) is 0 Å². The number of hydrogen-bond acceptors (Lipinski definition) is 2. The first kappa shape index (κ1) is 15.2. The Morgan fingerprint density at radius 1 is 0.679 bits per heavy atom. The van der Waals surface area contributed by atoms with Crippen LogP contribution >= 0.6 is 0 Å². The summed E-state index contributed by atoms with van der Waals surface area (Å²) in [7, 11) is 0. The summed E-state index contributed by atoms with van der Waals surface area (Å²) in [6, 6.07) is 27.9. The standard InChI is InChI=1S/C24H14N2O2/c27-26(28)22-14-6-9-17-15-7-1-3-12-20(15)25-21-13-4-2-8-16(21)18-10-5-11-19(23(17)22)24(18)25/h1-14H. The van der Waals surface area contributed by atoms with Crippen LogP contribution in [-0.4, -0.2) is 9.49 Å². The van der Waals surface area contributed by atoms with E-state index in [1.807, 2.05) is 48.5 Å². The first-order valence-corrected chi connectivity index (χ1v) is 9.15. The first-order chi connectivity index (χ1) is 13.8. The van der Waals surface area contributed by atoms with Gasteiger partial charge < -0.3 is 4.57 Å². The molecule has 0 bridgehead atoms. The monoisotopic (exact) mass is 362 g/mol. The largest absolute Gasteiger partial charge is 0.308 e. The van der Waals surface area contributed by atoms with Crippen LogP contribution in [0.2, 0.25) is 0 Å². The van der Waals surface area contributed by atoms with Crippen molar-refractivity contribution >= 4 is 27.5 Å². The highest BCUT2D eigenvalue weighted by Crippen LogP contribution is 2.49. The Labute approximate surface area is 160 Å². The van der Waals surface area contributed by atoms with Crippen molar-refractivity contribution in [2.24, 2.45) is 0 Å². The van der Waals surface area contributed by atoms with E-state index < -0.39 is 0 Å². The highest BCUT2D eigenvalue weighted by atomic mass is 16.6. The van der Waals surface area contributed by atoms with Crippen LogP contribution in [-0.2, 0) is 0 Å². The van der Waals surface area contributed by atoms with Crippen LogP contribution in [0.4, 0.5) is 5.69 Å². The zero-order valence-corrected chi connectivity index (χ0v) is 14.8. The molecule has 0 radical (unpaired) electrons. The molecule has 28 heavy (non-hydrogen) atoms. The average Bonchev–Trinajstić information content (AvgIpc) is 3.01. The fourth-order valence-corrected chi connectivity index (χ4v) is 4.57. The van der Waals surface area contributed by atoms with Crippen molar-refractivity contribution in [3.8, 4) is 27.9 Å². The van der Waals surface area contributed by atoms with Crippen LogP contribution in [0.3, 0.4) is 0 Å². The van der Waals surface area contributed by atoms with E-state index in [2.05, 4.69) is 28.8 Å². The number of nitro groups is 1. The van der Waals surface area contributed by atoms with Crippen molar-refractivity contribution in [2.75, 3.05) is 0 Å². The maximum atomic E-state index is 11.9. The lowest BCUT2D eigenvalue weighted by molar-refractivity contribution is -0.384. The molecule has 4 nitrogen and oxygen atoms in total. The molecule has 1 aromatic heterocycles. The Hall–Kier alpha value is -3.92. The molecular formula is C24H14N2O2. The molecule has 0 spiro atoms. The number of para-hydroxylation sites is 3. The van der Waals surface area contributed by atoms with E-state index >= 15 is 0 Å². The number of aromatic nitrogens is 1. The van der Waals surface area contributed by atoms with E-state index in [9.17, 15) is 10.1 Å². The smallest absolute Gasteiger partial charge is 0.277 e. The van der Waals surface area contributed by atoms with Crippen molar-refractivity contribution in [3.05, 3.63) is 95.0 Å². The van der Waals surface area contributed by atoms with Crippen molar-refractivity contribution in [3.63, 3.8) is 0 Å². The molecule has 6 rings (SSSR count). The van der Waals surface area contributed by atoms with Gasteiger partial charge in [0.1, 0.15) is 0 Å². The first-order valence-electron chi connectivity index (χ1n) is 9.15. The predicted octanol–water partition coefficient (Wildman–Crippen LogP) is 6.34. The molecule has 0 unspecified atom stereocenters. The summed E-state index contributed by atoms with van der Waals surface area (Å²) in [5, 5.41) is 14.2. The van der Waals surface area contributed by atoms with Crippen molar-refractivity contribution in [2.45, 2.75) is 0 Å². The second-order valence-electron chi connectivity index (χ2n) is 7.03. The summed E-state index contributed by atoms with van der Waals surface area (Å²) in [4.78, 5) is 11.6. The fourth-order valence-electron chi connectivity index (χ4n) is 4.57. The van der Waals surface area contributed by atoms with Gasteiger partial charge in [-0.25, -0.2) is 0 Å². The van der Waals surface area contributed by atoms with Gasteiger partial charge in [0.25, 0.3) is 5.69 Å². The van der Waals surface area contributed by atoms with Gasteiger partial charge in [-0.2, -0.15) is 0 Å². The van der Waals surface area contributed by atoms with Gasteiger partial charge in [0.05, 0.1) is 27.2 Å². The van der Waals surface area contributed by atoms with E-state index in [0.717, 1.165) is 44.2 Å². The van der Waals surface area contributed by atoms with Crippen LogP contribution in [0.5, 0.6) is 0 Å². The van der Waals surface area contributed by atoms with Crippen LogP contribution in [0.25, 0.3) is 49.7 Å². The van der Waals surface area contributed by atoms with Crippen LogP contribution in [0.1, 0.15) is 0 Å². The number of benzene rings is 4. The fraction of sp³-hybridized carbons (Fsp3) is 0. The van der Waals surface area contributed by atoms with E-state index in [1.165, 1.54) is 0 Å². The zero-order valence-electron chi connectivity index (χ0n) is 14.8. The molecule has 0 aliphatic carbocycles. The number of fused-ring (bicyclic) bond motifs is 8. The van der Waals surface area contributed by atoms with Gasteiger partial charge >= 0.3 is 0 Å². The summed E-state index contributed by atoms with van der Waals surface area (Å²) in [5.41, 5.74) is 6.78. The summed E-state index contributed by atoms with van der Waals surface area (Å²) in [6.45, 7) is 0. The molecule has 0 saturated heterocycles. The molecule has 132 valence electrons. The minimum absolute atomic E-state index is 0.138. The molecule has 2 heterocycles. The minimum atomic E-state index is -0.279. The summed E-state index contributed by atoms with van der Waals surface area (Å²) in [5.74, 6) is 0. The lowest BCUT2D eigenvalue weighted by Gasteiger charge is -2.12. The molecule has 0 fully saturated rings. The van der Waals surface area contributed by atoms with Crippen LogP contribution in [0, 0.1) is 10.1 Å². The average molecular weight is 362 g/mol. The number of nitro benzene ring substituents is 1. The summed E-state index contributed by atoms with van der Waals surface area (Å²) >= 11 is 0. The molecule has 0 N–H and O–H groups in total. The Morgan fingerprint density at radius 3 is 2.25 bits per heavy atom. The van der Waals surface area contributed by atoms with Crippen molar-refractivity contribution in [1.82, 2.24) is 4.57 Å². The molecule has 0 amide bonds. The molecule has 0 saturated carbocycles. The number of rotatable bonds is 1. The quantitative estimate of drug-likeness (QED) is 0.253. The van der Waals surface area contributed by atoms with E-state index in [-0.39, 0.29) is 10.6 Å². The van der Waals surface area contributed by atoms with Gasteiger partial charge in [0.2, 0.25) is 0 Å². The Bertz CT molecular complexity index is 1450. The highest BCUT2D eigenvalue weighted by Gasteiger charge is 2.28. The maximum Gasteiger partial charge on any atom is 0.277 e. The molecule has 0 atom stereocenters. The van der Waals surface area contributed by atoms with Gasteiger partial charge in [-0.1, -0.05) is 66.7 Å². The van der Waals surface area contributed by atoms with Gasteiger partial charge in [-0.15, -0.1) is 0 Å². The van der Waals surface area contributed by atoms with Crippen LogP contribution in [0.15, 0.2) is 84.9 Å². The Morgan fingerprint density at radius 2 is 1.36 bits per heavy atom. The third-order valence-electron chi connectivity index (χ3n) is 5.64. The molecular weight excluding hydrogens is 348 g/mol. The molecule has 4 aromatic carbocycles. The zero-order chi connectivity index (χ0) is 18.8. The van der Waals surface area contributed by atoms with Crippen LogP contribution < -0.4 is 0 Å². The van der Waals surface area contributed by atoms with Crippen molar-refractivity contribution in [1.29, 1.82) is 0 Å². The molecule has 5 aromatic rings. The van der Waals surface area contributed by atoms with E-state index in [0.29, 0.717) is 5.56 Å². The highest BCUT2D eigenvalue weighted by molar-refractivity contribution is 6.17. The number of nitrogens with zero attached hydrogens (tertiary/aromatic N) is 2. The SMILES string of the molecule is O=[N+]([O-])c1cccc2c1-c1cccc3c4ccccc4n(c13)-c1ccccc1-2. The van der Waals surface area contributed by atoms with Gasteiger partial charge in [0, 0.05) is 28.0 Å². The third-order valence-corrected chi connectivity index (χ3v) is 5.64. The maximum absolute atomic E-state index is 11.9. The number of hydrogen-bond donors (Lipinski definition) is 0. The summed E-state index contributed by atoms with van der Waals surface area (Å²) in [6.07, 6.45) is 0. The minimum Gasteiger partial charge on any atom is -0.308 e. The molecule has 1 aliphatic rings. The normalized spacial score (nSPS) is 11.9. The van der Waals surface area contributed by atoms with Gasteiger partial charge in [-0.3, -0.25) is 10.1 Å². The van der Waals surface area contributed by atoms with E-state index in [1.54, 1.807) is 12.1 Å². The van der Waals surface area contributed by atoms with Gasteiger partial charge in [0.15, 0.2) is 0 Å². The molecule has 1 aliphatic heterocycles.